The van der Waals surface area contributed by atoms with Crippen LogP contribution in [-0.2, 0) is 9.53 Å². The van der Waals surface area contributed by atoms with Crippen LogP contribution in [0, 0.1) is 17.3 Å². The summed E-state index contributed by atoms with van der Waals surface area (Å²) in [6, 6.07) is 0. The molecule has 0 aromatic rings. The highest BCUT2D eigenvalue weighted by molar-refractivity contribution is 5.82. The summed E-state index contributed by atoms with van der Waals surface area (Å²) < 4.78 is 5.51. The molecule has 0 unspecified atom stereocenters. The lowest BCUT2D eigenvalue weighted by atomic mass is 9.61. The van der Waals surface area contributed by atoms with E-state index in [0.717, 1.165) is 58.0 Å². The van der Waals surface area contributed by atoms with Gasteiger partial charge in [0.05, 0.1) is 0 Å². The van der Waals surface area contributed by atoms with Crippen molar-refractivity contribution in [2.45, 2.75) is 72.1 Å². The number of carbonyl (C=O) groups is 1. The van der Waals surface area contributed by atoms with Crippen molar-refractivity contribution in [2.24, 2.45) is 17.3 Å². The maximum atomic E-state index is 12.7. The van der Waals surface area contributed by atoms with Crippen LogP contribution >= 0.6 is 0 Å². The highest BCUT2D eigenvalue weighted by Crippen LogP contribution is 2.46. The van der Waals surface area contributed by atoms with Crippen LogP contribution in [0.1, 0.15) is 72.1 Å². The number of Topliss-reactive ketones (excluding diaryl/α,β-unsaturated/α-hetero) is 1. The molecule has 2 bridgehead atoms. The minimum atomic E-state index is 0.107. The van der Waals surface area contributed by atoms with E-state index in [4.69, 9.17) is 4.74 Å². The van der Waals surface area contributed by atoms with Crippen molar-refractivity contribution in [3.8, 4) is 0 Å². The Kier molecular flexibility index (Phi) is 6.64. The molecular weight excluding hydrogens is 284 g/mol. The van der Waals surface area contributed by atoms with Crippen molar-refractivity contribution in [3.63, 3.8) is 0 Å². The number of hydrogen-bond donors (Lipinski definition) is 0. The van der Waals surface area contributed by atoms with Crippen LogP contribution in [0.5, 0.6) is 0 Å². The minimum absolute atomic E-state index is 0.107. The number of ether oxygens (including phenoxy) is 1. The van der Waals surface area contributed by atoms with Gasteiger partial charge in [0, 0.05) is 26.1 Å². The Morgan fingerprint density at radius 1 is 1.17 bits per heavy atom. The van der Waals surface area contributed by atoms with Gasteiger partial charge in [-0.05, 0) is 70.1 Å². The van der Waals surface area contributed by atoms with Crippen LogP contribution in [-0.4, -0.2) is 19.5 Å². The van der Waals surface area contributed by atoms with Gasteiger partial charge >= 0.3 is 0 Å². The van der Waals surface area contributed by atoms with E-state index in [1.165, 1.54) is 11.1 Å². The zero-order valence-corrected chi connectivity index (χ0v) is 15.5. The highest BCUT2D eigenvalue weighted by Gasteiger charge is 2.43. The summed E-state index contributed by atoms with van der Waals surface area (Å²) in [5.74, 6) is 1.24. The molecule has 0 heterocycles. The molecule has 3 atom stereocenters. The number of allylic oxidation sites excluding steroid dienone is 4. The Balaban J connectivity index is 2.21. The average molecular weight is 319 g/mol. The zero-order valence-electron chi connectivity index (χ0n) is 15.5. The van der Waals surface area contributed by atoms with Crippen LogP contribution in [0.4, 0.5) is 0 Å². The van der Waals surface area contributed by atoms with E-state index in [2.05, 4.69) is 32.9 Å². The minimum Gasteiger partial charge on any atom is -0.384 e. The summed E-state index contributed by atoms with van der Waals surface area (Å²) in [4.78, 5) is 12.7. The second-order valence-electron chi connectivity index (χ2n) is 8.10. The number of fused-ring (bicyclic) bond motifs is 9. The Bertz CT molecular complexity index is 474. The normalized spacial score (nSPS) is 38.3. The lowest BCUT2D eigenvalue weighted by molar-refractivity contribution is -0.132. The van der Waals surface area contributed by atoms with Gasteiger partial charge in [0.25, 0.3) is 0 Å². The smallest absolute Gasteiger partial charge is 0.136 e. The van der Waals surface area contributed by atoms with Crippen molar-refractivity contribution in [1.29, 1.82) is 0 Å². The molecule has 0 radical (unpaired) electrons. The molecule has 0 aromatic heterocycles. The van der Waals surface area contributed by atoms with Gasteiger partial charge in [-0.25, -0.2) is 0 Å². The van der Waals surface area contributed by atoms with Crippen molar-refractivity contribution in [2.75, 3.05) is 13.7 Å². The van der Waals surface area contributed by atoms with Crippen molar-refractivity contribution >= 4 is 5.78 Å². The van der Waals surface area contributed by atoms with Crippen LogP contribution in [0.3, 0.4) is 0 Å². The van der Waals surface area contributed by atoms with Gasteiger partial charge in [0.2, 0.25) is 0 Å². The topological polar surface area (TPSA) is 26.3 Å². The lowest BCUT2D eigenvalue weighted by Crippen LogP contribution is -2.41. The first-order valence-electron chi connectivity index (χ1n) is 9.27. The second kappa shape index (κ2) is 8.28. The summed E-state index contributed by atoms with van der Waals surface area (Å²) >= 11 is 0. The van der Waals surface area contributed by atoms with Gasteiger partial charge in [-0.2, -0.15) is 0 Å². The van der Waals surface area contributed by atoms with E-state index in [-0.39, 0.29) is 11.3 Å². The van der Waals surface area contributed by atoms with Gasteiger partial charge in [0.1, 0.15) is 5.78 Å². The molecule has 1 fully saturated rings. The third kappa shape index (κ3) is 5.04. The maximum absolute atomic E-state index is 12.7. The molecule has 2 heteroatoms. The van der Waals surface area contributed by atoms with E-state index in [0.29, 0.717) is 11.7 Å². The van der Waals surface area contributed by atoms with Gasteiger partial charge in [-0.15, -0.1) is 0 Å². The van der Waals surface area contributed by atoms with E-state index >= 15 is 0 Å². The second-order valence-corrected chi connectivity index (χ2v) is 8.10. The predicted molar refractivity (Wildman–Crippen MR) is 96.4 cm³/mol. The third-order valence-corrected chi connectivity index (χ3v) is 6.08. The number of ketones is 1. The molecule has 130 valence electrons. The first-order valence-corrected chi connectivity index (χ1v) is 9.27. The number of hydrogen-bond acceptors (Lipinski definition) is 2. The molecule has 3 aliphatic rings. The molecule has 3 rings (SSSR count). The Hall–Kier alpha value is -0.890. The Morgan fingerprint density at radius 3 is 2.61 bits per heavy atom. The molecule has 0 spiro atoms. The molecule has 0 aromatic carbocycles. The molecule has 0 aliphatic heterocycles. The van der Waals surface area contributed by atoms with E-state index < -0.39 is 0 Å². The van der Waals surface area contributed by atoms with Crippen LogP contribution < -0.4 is 0 Å². The van der Waals surface area contributed by atoms with Gasteiger partial charge in [-0.3, -0.25) is 4.79 Å². The maximum Gasteiger partial charge on any atom is 0.136 e. The standard InChI is InChI=1S/C21H34O2/c1-16-7-5-8-17(2)10-11-18-13-19(15-23-4)21(3,12-6-9-16)14-20(18)22/h8-9,18-19H,5-7,10-15H2,1-4H3/b16-9-,17-8-/t18-,19+,21-/m1/s1. The van der Waals surface area contributed by atoms with Crippen molar-refractivity contribution in [1.82, 2.24) is 0 Å². The van der Waals surface area contributed by atoms with Crippen LogP contribution in [0.25, 0.3) is 0 Å². The van der Waals surface area contributed by atoms with Crippen LogP contribution in [0.2, 0.25) is 0 Å². The fourth-order valence-corrected chi connectivity index (χ4v) is 4.29. The SMILES string of the molecule is COC[C@@H]1C[C@H]2CC/C(C)=C\CC/C(C)=C\CC[C@]1(C)CC2=O. The number of rotatable bonds is 2. The Morgan fingerprint density at radius 2 is 1.87 bits per heavy atom. The first-order chi connectivity index (χ1) is 10.9. The van der Waals surface area contributed by atoms with Crippen LogP contribution in [0.15, 0.2) is 23.3 Å². The molecule has 1 saturated carbocycles. The predicted octanol–water partition coefficient (Wildman–Crippen LogP) is 5.48. The molecular formula is C21H34O2. The fourth-order valence-electron chi connectivity index (χ4n) is 4.29. The largest absolute Gasteiger partial charge is 0.384 e. The quantitative estimate of drug-likeness (QED) is 0.630. The Labute approximate surface area is 142 Å². The van der Waals surface area contributed by atoms with Gasteiger partial charge < -0.3 is 4.74 Å². The summed E-state index contributed by atoms with van der Waals surface area (Å²) in [6.45, 7) is 7.56. The molecule has 0 saturated heterocycles. The molecule has 0 N–H and O–H groups in total. The zero-order chi connectivity index (χ0) is 16.9. The summed E-state index contributed by atoms with van der Waals surface area (Å²) in [5.41, 5.74) is 3.03. The molecule has 0 amide bonds. The summed E-state index contributed by atoms with van der Waals surface area (Å²) in [6.07, 6.45) is 13.1. The first kappa shape index (κ1) is 18.4. The lowest BCUT2D eigenvalue weighted by Gasteiger charge is -2.43. The van der Waals surface area contributed by atoms with E-state index in [1.807, 2.05) is 0 Å². The van der Waals surface area contributed by atoms with Crippen molar-refractivity contribution in [3.05, 3.63) is 23.3 Å². The highest BCUT2D eigenvalue weighted by atomic mass is 16.5. The van der Waals surface area contributed by atoms with Crippen molar-refractivity contribution < 1.29 is 9.53 Å². The number of methoxy groups -OCH3 is 1. The van der Waals surface area contributed by atoms with Gasteiger partial charge in [-0.1, -0.05) is 30.2 Å². The molecule has 23 heavy (non-hydrogen) atoms. The molecule has 2 nitrogen and oxygen atoms in total. The van der Waals surface area contributed by atoms with E-state index in [9.17, 15) is 4.79 Å². The average Bonchev–Trinajstić information content (AvgIpc) is 2.48. The third-order valence-electron chi connectivity index (χ3n) is 6.08. The fraction of sp³-hybridized carbons (Fsp3) is 0.762. The summed E-state index contributed by atoms with van der Waals surface area (Å²) in [7, 11) is 1.79. The monoisotopic (exact) mass is 318 g/mol. The number of carbonyl (C=O) groups excluding carboxylic acids is 1. The molecule has 3 aliphatic carbocycles. The summed E-state index contributed by atoms with van der Waals surface area (Å²) in [5, 5.41) is 0. The van der Waals surface area contributed by atoms with E-state index in [1.54, 1.807) is 7.11 Å². The van der Waals surface area contributed by atoms with Gasteiger partial charge in [0.15, 0.2) is 0 Å².